The van der Waals surface area contributed by atoms with E-state index in [-0.39, 0.29) is 106 Å². The molecule has 252 valence electrons. The van der Waals surface area contributed by atoms with Crippen LogP contribution in [0.5, 0.6) is 0 Å². The molecule has 0 aliphatic heterocycles. The van der Waals surface area contributed by atoms with Gasteiger partial charge in [0, 0.05) is 42.8 Å². The predicted molar refractivity (Wildman–Crippen MR) is 171 cm³/mol. The number of hydrogen-bond donors (Lipinski definition) is 6. The normalized spacial score (nSPS) is 16.0. The Morgan fingerprint density at radius 2 is 1.42 bits per heavy atom. The molecule has 0 aromatic carbocycles. The molecule has 13 heteroatoms. The molecule has 13 nitrogen and oxygen atoms in total. The number of nitriles is 1. The highest BCUT2D eigenvalue weighted by molar-refractivity contribution is 5.81. The van der Waals surface area contributed by atoms with Gasteiger partial charge in [0.05, 0.1) is 38.3 Å². The fourth-order valence-electron chi connectivity index (χ4n) is 4.91. The Labute approximate surface area is 268 Å². The largest absolute Gasteiger partial charge is 0.395 e. The molecule has 0 unspecified atom stereocenters. The molecule has 1 saturated carbocycles. The van der Waals surface area contributed by atoms with E-state index in [4.69, 9.17) is 33.8 Å². The summed E-state index contributed by atoms with van der Waals surface area (Å²) in [6.45, 7) is 8.48. The molecule has 0 saturated heterocycles. The van der Waals surface area contributed by atoms with Crippen molar-refractivity contribution in [3.05, 3.63) is 0 Å². The van der Waals surface area contributed by atoms with Gasteiger partial charge < -0.3 is 26.8 Å². The molecule has 4 amide bonds. The molecule has 0 heterocycles. The lowest BCUT2D eigenvalue weighted by molar-refractivity contribution is -0.157. The molecule has 0 bridgehead atoms. The Kier molecular flexibility index (Phi) is 21.7. The second-order valence-electron chi connectivity index (χ2n) is 11.6. The lowest BCUT2D eigenvalue weighted by atomic mass is 9.81. The third-order valence-electron chi connectivity index (χ3n) is 7.38. The van der Waals surface area contributed by atoms with Crippen LogP contribution in [0.25, 0.3) is 0 Å². The Balaban J connectivity index is 0.00000356. The maximum atomic E-state index is 13.5. The number of carbonyl (C=O) groups excluding carboxylic acids is 4. The highest BCUT2D eigenvalue weighted by atomic mass is 16.7. The second kappa shape index (κ2) is 23.7. The van der Waals surface area contributed by atoms with Gasteiger partial charge in [-0.1, -0.05) is 11.8 Å². The van der Waals surface area contributed by atoms with Gasteiger partial charge in [0.25, 0.3) is 0 Å². The van der Waals surface area contributed by atoms with Crippen molar-refractivity contribution in [3.63, 3.8) is 0 Å². The van der Waals surface area contributed by atoms with Crippen molar-refractivity contribution in [2.24, 2.45) is 11.7 Å². The minimum absolute atomic E-state index is 0.00726. The molecule has 1 rings (SSSR count). The summed E-state index contributed by atoms with van der Waals surface area (Å²) >= 11 is 0. The third kappa shape index (κ3) is 18.7. The van der Waals surface area contributed by atoms with E-state index in [2.05, 4.69) is 61.1 Å². The van der Waals surface area contributed by atoms with Gasteiger partial charge in [-0.25, -0.2) is 5.01 Å². The summed E-state index contributed by atoms with van der Waals surface area (Å²) in [7, 11) is 0. The average Bonchev–Trinajstić information content (AvgIpc) is 3.00. The van der Waals surface area contributed by atoms with E-state index >= 15 is 0 Å². The molecule has 45 heavy (non-hydrogen) atoms. The van der Waals surface area contributed by atoms with E-state index in [1.165, 1.54) is 0 Å². The number of amides is 4. The highest BCUT2D eigenvalue weighted by Crippen LogP contribution is 2.30. The fourth-order valence-corrected chi connectivity index (χ4v) is 4.91. The lowest BCUT2D eigenvalue weighted by Gasteiger charge is -2.38. The molecule has 1 aliphatic rings. The number of nitrogens with zero attached hydrogens (tertiary/aromatic N) is 2. The van der Waals surface area contributed by atoms with Gasteiger partial charge >= 0.3 is 0 Å². The van der Waals surface area contributed by atoms with Gasteiger partial charge in [-0.05, 0) is 72.6 Å². The minimum Gasteiger partial charge on any atom is -0.395 e. The van der Waals surface area contributed by atoms with Crippen LogP contribution in [0, 0.1) is 41.9 Å². The summed E-state index contributed by atoms with van der Waals surface area (Å²) in [5, 5.41) is 25.9. The second-order valence-corrected chi connectivity index (χ2v) is 11.6. The molecular formula is C32H53N7O6. The third-order valence-corrected chi connectivity index (χ3v) is 7.38. The van der Waals surface area contributed by atoms with Crippen molar-refractivity contribution < 1.29 is 29.1 Å². The van der Waals surface area contributed by atoms with Crippen LogP contribution in [0.3, 0.4) is 0 Å². The number of nitrogens with one attached hydrogen (secondary N) is 4. The number of terminal acetylenes is 2. The molecule has 1 aliphatic carbocycles. The van der Waals surface area contributed by atoms with Gasteiger partial charge in [0.2, 0.25) is 23.6 Å². The topological polar surface area (TPSA) is 199 Å². The van der Waals surface area contributed by atoms with Crippen LogP contribution < -0.4 is 27.3 Å². The lowest BCUT2D eigenvalue weighted by Crippen LogP contribution is -2.53. The van der Waals surface area contributed by atoms with Gasteiger partial charge in [-0.2, -0.15) is 5.26 Å². The summed E-state index contributed by atoms with van der Waals surface area (Å²) in [5.74, 6) is 3.17. The van der Waals surface area contributed by atoms with Gasteiger partial charge in [0.1, 0.15) is 0 Å². The van der Waals surface area contributed by atoms with Crippen molar-refractivity contribution in [1.82, 2.24) is 26.5 Å². The summed E-state index contributed by atoms with van der Waals surface area (Å²) in [4.78, 5) is 55.8. The Bertz CT molecular complexity index is 994. The predicted octanol–water partition coefficient (Wildman–Crippen LogP) is 1.17. The van der Waals surface area contributed by atoms with E-state index < -0.39 is 11.4 Å². The first kappa shape index (κ1) is 41.3. The SMILES string of the molecule is C#CCNC(=O)CCC(CCC(N)=O)(CCC(=O)NCC#C)NC(=O)C1CCC(ONN(C(C)C)C(C)C)CC1.N#CCCO. The van der Waals surface area contributed by atoms with Gasteiger partial charge in [0.15, 0.2) is 0 Å². The quantitative estimate of drug-likeness (QED) is 0.0895. The molecule has 0 aromatic rings. The molecular weight excluding hydrogens is 578 g/mol. The maximum absolute atomic E-state index is 13.5. The van der Waals surface area contributed by atoms with Crippen LogP contribution in [0.2, 0.25) is 0 Å². The number of carbonyl (C=O) groups is 4. The number of aliphatic hydroxyl groups is 1. The zero-order chi connectivity index (χ0) is 34.3. The zero-order valence-corrected chi connectivity index (χ0v) is 27.3. The average molecular weight is 632 g/mol. The standard InChI is InChI=1S/C29H48N6O5.C3H5NO/c1-7-19-31-26(37)14-17-29(16-13-25(30)36,18-15-27(38)32-20-8-2)33-28(39)23-9-11-24(12-10-23)40-34-35(21(3)4)22(5)6;4-2-1-3-5/h1-2,21-24,34H,9-20H2,3-6H3,(H2,30,36)(H,31,37)(H,32,38)(H,33,39);5H,1,3H2. The summed E-state index contributed by atoms with van der Waals surface area (Å²) in [5.41, 5.74) is 7.52. The first-order valence-electron chi connectivity index (χ1n) is 15.5. The molecule has 1 fully saturated rings. The van der Waals surface area contributed by atoms with Gasteiger partial charge in [-0.15, -0.1) is 18.4 Å². The monoisotopic (exact) mass is 631 g/mol. The number of primary amides is 1. The van der Waals surface area contributed by atoms with E-state index in [0.717, 1.165) is 0 Å². The van der Waals surface area contributed by atoms with E-state index in [1.807, 2.05) is 5.01 Å². The number of hydrogen-bond acceptors (Lipinski definition) is 9. The molecule has 7 N–H and O–H groups in total. The summed E-state index contributed by atoms with van der Waals surface area (Å²) in [6.07, 6.45) is 14.1. The summed E-state index contributed by atoms with van der Waals surface area (Å²) < 4.78 is 0. The Morgan fingerprint density at radius 1 is 0.933 bits per heavy atom. The minimum atomic E-state index is -0.989. The van der Waals surface area contributed by atoms with Gasteiger partial charge in [-0.3, -0.25) is 24.0 Å². The first-order valence-corrected chi connectivity index (χ1v) is 15.5. The fraction of sp³-hybridized carbons (Fsp3) is 0.719. The van der Waals surface area contributed by atoms with Crippen molar-refractivity contribution in [3.8, 4) is 30.8 Å². The number of rotatable bonds is 19. The van der Waals surface area contributed by atoms with Crippen molar-refractivity contribution in [1.29, 1.82) is 5.26 Å². The smallest absolute Gasteiger partial charge is 0.223 e. The van der Waals surface area contributed by atoms with Crippen LogP contribution in [0.1, 0.15) is 98.3 Å². The number of hydrazine groups is 1. The molecule has 0 spiro atoms. The van der Waals surface area contributed by atoms with Crippen LogP contribution in [0.4, 0.5) is 0 Å². The van der Waals surface area contributed by atoms with Crippen molar-refractivity contribution in [2.75, 3.05) is 19.7 Å². The van der Waals surface area contributed by atoms with E-state index in [0.29, 0.717) is 25.7 Å². The first-order chi connectivity index (χ1) is 21.3. The van der Waals surface area contributed by atoms with Crippen LogP contribution in [0.15, 0.2) is 0 Å². The molecule has 0 radical (unpaired) electrons. The van der Waals surface area contributed by atoms with Crippen molar-refractivity contribution in [2.45, 2.75) is 122 Å². The molecule has 0 atom stereocenters. The number of aliphatic hydroxyl groups excluding tert-OH is 1. The summed E-state index contributed by atoms with van der Waals surface area (Å²) in [6, 6.07) is 2.29. The van der Waals surface area contributed by atoms with Crippen LogP contribution >= 0.6 is 0 Å². The maximum Gasteiger partial charge on any atom is 0.223 e. The van der Waals surface area contributed by atoms with Crippen LogP contribution in [-0.2, 0) is 24.0 Å². The van der Waals surface area contributed by atoms with Crippen molar-refractivity contribution >= 4 is 23.6 Å². The highest BCUT2D eigenvalue weighted by Gasteiger charge is 2.36. The van der Waals surface area contributed by atoms with E-state index in [1.54, 1.807) is 6.07 Å². The number of nitrogens with two attached hydrogens (primary N) is 1. The van der Waals surface area contributed by atoms with E-state index in [9.17, 15) is 19.2 Å². The Morgan fingerprint density at radius 3 is 1.80 bits per heavy atom. The zero-order valence-electron chi connectivity index (χ0n) is 27.3. The Hall–Kier alpha value is -3.67. The molecule has 0 aromatic heterocycles. The van der Waals surface area contributed by atoms with Crippen LogP contribution in [-0.4, -0.2) is 77.2 Å².